The van der Waals surface area contributed by atoms with Crippen molar-refractivity contribution in [2.45, 2.75) is 19.4 Å². The number of hydrogen-bond acceptors (Lipinski definition) is 0. The Labute approximate surface area is 61.1 Å². The summed E-state index contributed by atoms with van der Waals surface area (Å²) in [5, 5.41) is 0. The van der Waals surface area contributed by atoms with E-state index < -0.39 is 15.5 Å². The molecule has 0 atom stereocenters. The molecule has 0 nitrogen and oxygen atoms in total. The van der Waals surface area contributed by atoms with Crippen LogP contribution in [0.5, 0.6) is 0 Å². The lowest BCUT2D eigenvalue weighted by Crippen LogP contribution is -2.22. The van der Waals surface area contributed by atoms with Crippen LogP contribution in [0.15, 0.2) is 0 Å². The van der Waals surface area contributed by atoms with Crippen molar-refractivity contribution in [3.8, 4) is 0 Å². The van der Waals surface area contributed by atoms with Crippen LogP contribution in [-0.2, 0) is 0 Å². The Morgan fingerprint density at radius 1 is 1.10 bits per heavy atom. The molecule has 0 saturated carbocycles. The van der Waals surface area contributed by atoms with E-state index in [9.17, 15) is 13.2 Å². The van der Waals surface area contributed by atoms with Crippen LogP contribution < -0.4 is 0 Å². The van der Waals surface area contributed by atoms with Crippen molar-refractivity contribution in [1.29, 1.82) is 0 Å². The molecule has 0 spiro atoms. The summed E-state index contributed by atoms with van der Waals surface area (Å²) in [6.45, 7) is 3.21. The van der Waals surface area contributed by atoms with E-state index in [1.807, 2.05) is 0 Å². The quantitative estimate of drug-likeness (QED) is 0.603. The van der Waals surface area contributed by atoms with Gasteiger partial charge in [0.05, 0.1) is 0 Å². The van der Waals surface area contributed by atoms with Crippen molar-refractivity contribution in [1.82, 2.24) is 0 Å². The van der Waals surface area contributed by atoms with Crippen LogP contribution in [0, 0.1) is 0 Å². The van der Waals surface area contributed by atoms with Crippen molar-refractivity contribution in [2.24, 2.45) is 0 Å². The van der Waals surface area contributed by atoms with Gasteiger partial charge < -0.3 is 0 Å². The van der Waals surface area contributed by atoms with Crippen LogP contribution in [0.2, 0.25) is 0 Å². The maximum atomic E-state index is 12.1. The van der Waals surface area contributed by atoms with Gasteiger partial charge >= 0.3 is 5.51 Å². The molecule has 0 aliphatic heterocycles. The Bertz CT molecular complexity index is 104. The lowest BCUT2D eigenvalue weighted by molar-refractivity contribution is -0.0378. The van der Waals surface area contributed by atoms with Crippen molar-refractivity contribution >= 4 is 10.0 Å². The highest BCUT2D eigenvalue weighted by Crippen LogP contribution is 2.58. The maximum Gasteiger partial charge on any atom is 0.425 e. The van der Waals surface area contributed by atoms with Gasteiger partial charge in [-0.15, -0.1) is 0 Å². The van der Waals surface area contributed by atoms with E-state index >= 15 is 0 Å². The first-order chi connectivity index (χ1) is 4.37. The highest BCUT2D eigenvalue weighted by molar-refractivity contribution is 8.33. The molecular formula is C6H13F3S. The second kappa shape index (κ2) is 3.03. The molecule has 0 radical (unpaired) electrons. The second-order valence-electron chi connectivity index (χ2n) is 2.30. The molecule has 0 aromatic carbocycles. The zero-order valence-corrected chi connectivity index (χ0v) is 7.27. The van der Waals surface area contributed by atoms with Gasteiger partial charge in [-0.3, -0.25) is 0 Å². The number of alkyl halides is 3. The summed E-state index contributed by atoms with van der Waals surface area (Å²) in [6.07, 6.45) is 1.34. The number of hydrogen-bond donors (Lipinski definition) is 0. The lowest BCUT2D eigenvalue weighted by Gasteiger charge is -2.35. The number of rotatable bonds is 2. The van der Waals surface area contributed by atoms with Gasteiger partial charge in [-0.1, -0.05) is 13.8 Å². The summed E-state index contributed by atoms with van der Waals surface area (Å²) in [6, 6.07) is 0. The summed E-state index contributed by atoms with van der Waals surface area (Å²) >= 11 is 0. The van der Waals surface area contributed by atoms with Crippen LogP contribution in [0.4, 0.5) is 13.2 Å². The van der Waals surface area contributed by atoms with Gasteiger partial charge in [-0.2, -0.15) is 23.2 Å². The SMILES string of the molecule is CCS(C)(CC)C(F)(F)F. The van der Waals surface area contributed by atoms with E-state index in [2.05, 4.69) is 0 Å². The predicted octanol–water partition coefficient (Wildman–Crippen LogP) is 2.98. The van der Waals surface area contributed by atoms with Crippen LogP contribution >= 0.6 is 10.0 Å². The van der Waals surface area contributed by atoms with Crippen molar-refractivity contribution in [3.05, 3.63) is 0 Å². The van der Waals surface area contributed by atoms with E-state index in [-0.39, 0.29) is 11.5 Å². The van der Waals surface area contributed by atoms with Gasteiger partial charge in [0.15, 0.2) is 0 Å². The fraction of sp³-hybridized carbons (Fsp3) is 1.00. The molecule has 0 aromatic heterocycles. The smallest absolute Gasteiger partial charge is 0.162 e. The van der Waals surface area contributed by atoms with Crippen LogP contribution in [-0.4, -0.2) is 23.3 Å². The average molecular weight is 174 g/mol. The van der Waals surface area contributed by atoms with E-state index in [1.165, 1.54) is 6.26 Å². The molecule has 64 valence electrons. The van der Waals surface area contributed by atoms with Gasteiger partial charge in [0.2, 0.25) is 0 Å². The molecule has 0 fully saturated rings. The molecule has 0 aliphatic carbocycles. The van der Waals surface area contributed by atoms with Crippen molar-refractivity contribution in [3.63, 3.8) is 0 Å². The van der Waals surface area contributed by atoms with E-state index in [0.29, 0.717) is 0 Å². The minimum absolute atomic E-state index is 0.243. The summed E-state index contributed by atoms with van der Waals surface area (Å²) in [5.74, 6) is 0.486. The highest BCUT2D eigenvalue weighted by Gasteiger charge is 2.43. The monoisotopic (exact) mass is 174 g/mol. The molecule has 0 aromatic rings. The molecule has 0 rings (SSSR count). The third-order valence-electron chi connectivity index (χ3n) is 1.83. The fourth-order valence-electron chi connectivity index (χ4n) is 0.531. The molecule has 10 heavy (non-hydrogen) atoms. The first kappa shape index (κ1) is 10.1. The molecule has 0 aliphatic rings. The minimum atomic E-state index is -3.96. The Balaban J connectivity index is 4.33. The van der Waals surface area contributed by atoms with Gasteiger partial charge in [0.1, 0.15) is 0 Å². The lowest BCUT2D eigenvalue weighted by atomic mass is 11.0. The third kappa shape index (κ3) is 1.81. The molecule has 4 heteroatoms. The van der Waals surface area contributed by atoms with Gasteiger partial charge in [0.25, 0.3) is 0 Å². The Morgan fingerprint density at radius 2 is 1.40 bits per heavy atom. The fourth-order valence-corrected chi connectivity index (χ4v) is 1.59. The molecule has 0 bridgehead atoms. The first-order valence-electron chi connectivity index (χ1n) is 3.17. The summed E-state index contributed by atoms with van der Waals surface area (Å²) in [4.78, 5) is 0. The maximum absolute atomic E-state index is 12.1. The third-order valence-corrected chi connectivity index (χ3v) is 5.50. The Hall–Kier alpha value is 0.140. The van der Waals surface area contributed by atoms with Gasteiger partial charge in [0, 0.05) is 0 Å². The first-order valence-corrected chi connectivity index (χ1v) is 5.55. The second-order valence-corrected chi connectivity index (χ2v) is 6.46. The van der Waals surface area contributed by atoms with Crippen LogP contribution in [0.3, 0.4) is 0 Å². The molecular weight excluding hydrogens is 161 g/mol. The van der Waals surface area contributed by atoms with E-state index in [0.717, 1.165) is 0 Å². The summed E-state index contributed by atoms with van der Waals surface area (Å²) < 4.78 is 36.4. The molecule has 0 saturated heterocycles. The molecule has 0 heterocycles. The molecule has 0 N–H and O–H groups in total. The minimum Gasteiger partial charge on any atom is -0.162 e. The zero-order valence-electron chi connectivity index (χ0n) is 6.46. The highest BCUT2D eigenvalue weighted by atomic mass is 32.3. The summed E-state index contributed by atoms with van der Waals surface area (Å²) in [7, 11) is -2.33. The average Bonchev–Trinajstić information content (AvgIpc) is 1.84. The van der Waals surface area contributed by atoms with E-state index in [4.69, 9.17) is 0 Å². The predicted molar refractivity (Wildman–Crippen MR) is 40.7 cm³/mol. The van der Waals surface area contributed by atoms with Crippen LogP contribution in [0.1, 0.15) is 13.8 Å². The normalized spacial score (nSPS) is 15.4. The van der Waals surface area contributed by atoms with Gasteiger partial charge in [-0.25, -0.2) is 0 Å². The van der Waals surface area contributed by atoms with Crippen molar-refractivity contribution in [2.75, 3.05) is 17.8 Å². The number of halogens is 3. The molecule has 0 amide bonds. The molecule has 0 unspecified atom stereocenters. The Kier molecular flexibility index (Phi) is 3.07. The topological polar surface area (TPSA) is 0 Å². The summed E-state index contributed by atoms with van der Waals surface area (Å²) in [5.41, 5.74) is -3.96. The Morgan fingerprint density at radius 3 is 1.40 bits per heavy atom. The standard InChI is InChI=1S/C6H13F3S/c1-4-10(3,5-2)6(7,8)9/h4-5H2,1-3H3. The van der Waals surface area contributed by atoms with E-state index in [1.54, 1.807) is 13.8 Å². The van der Waals surface area contributed by atoms with Crippen molar-refractivity contribution < 1.29 is 13.2 Å². The largest absolute Gasteiger partial charge is 0.425 e. The van der Waals surface area contributed by atoms with Gasteiger partial charge in [-0.05, 0) is 17.8 Å². The van der Waals surface area contributed by atoms with Crippen LogP contribution in [0.25, 0.3) is 0 Å². The zero-order chi connectivity index (χ0) is 8.41.